The summed E-state index contributed by atoms with van der Waals surface area (Å²) in [5, 5.41) is 9.18. The summed E-state index contributed by atoms with van der Waals surface area (Å²) in [6, 6.07) is 5.19. The van der Waals surface area contributed by atoms with Crippen molar-refractivity contribution in [2.75, 3.05) is 19.3 Å². The second-order valence-corrected chi connectivity index (χ2v) is 5.01. The summed E-state index contributed by atoms with van der Waals surface area (Å²) in [4.78, 5) is 13.6. The van der Waals surface area contributed by atoms with Gasteiger partial charge in [-0.1, -0.05) is 15.9 Å². The third-order valence-corrected chi connectivity index (χ3v) is 2.97. The molecule has 1 aromatic carbocycles. The van der Waals surface area contributed by atoms with Gasteiger partial charge in [-0.15, -0.1) is 0 Å². The number of nitrogens with two attached hydrogens (primary N) is 1. The minimum absolute atomic E-state index is 0.135. The number of rotatable bonds is 4. The van der Waals surface area contributed by atoms with Crippen LogP contribution in [0.5, 0.6) is 0 Å². The highest BCUT2D eigenvalue weighted by Gasteiger charge is 2.15. The fourth-order valence-corrected chi connectivity index (χ4v) is 1.76. The number of hydrogen-bond donors (Lipinski definition) is 2. The van der Waals surface area contributed by atoms with Gasteiger partial charge in [-0.3, -0.25) is 4.79 Å². The maximum atomic E-state index is 12.1. The topological polar surface area (TPSA) is 66.6 Å². The van der Waals surface area contributed by atoms with Gasteiger partial charge in [0.2, 0.25) is 0 Å². The van der Waals surface area contributed by atoms with Crippen LogP contribution in [0.2, 0.25) is 0 Å². The summed E-state index contributed by atoms with van der Waals surface area (Å²) in [6.45, 7) is 2.20. The van der Waals surface area contributed by atoms with Gasteiger partial charge in [0.1, 0.15) is 0 Å². The van der Waals surface area contributed by atoms with Gasteiger partial charge in [0.05, 0.1) is 11.7 Å². The SMILES string of the molecule is CC(O)CCN(C)C(=O)c1cc(Br)ccc1N. The molecular formula is C12H17BrN2O2. The van der Waals surface area contributed by atoms with Gasteiger partial charge in [0.25, 0.3) is 5.91 Å². The summed E-state index contributed by atoms with van der Waals surface area (Å²) < 4.78 is 0.818. The van der Waals surface area contributed by atoms with E-state index >= 15 is 0 Å². The van der Waals surface area contributed by atoms with Gasteiger partial charge >= 0.3 is 0 Å². The fraction of sp³-hybridized carbons (Fsp3) is 0.417. The molecule has 1 rings (SSSR count). The number of anilines is 1. The third kappa shape index (κ3) is 4.02. The molecule has 1 aromatic rings. The number of nitrogens with zero attached hydrogens (tertiary/aromatic N) is 1. The van der Waals surface area contributed by atoms with Crippen LogP contribution in [-0.2, 0) is 0 Å². The van der Waals surface area contributed by atoms with E-state index in [9.17, 15) is 9.90 Å². The van der Waals surface area contributed by atoms with Gasteiger partial charge in [-0.25, -0.2) is 0 Å². The first-order valence-electron chi connectivity index (χ1n) is 5.40. The Morgan fingerprint density at radius 1 is 1.59 bits per heavy atom. The number of carbonyl (C=O) groups is 1. The predicted molar refractivity (Wildman–Crippen MR) is 71.8 cm³/mol. The Hall–Kier alpha value is -1.07. The lowest BCUT2D eigenvalue weighted by Crippen LogP contribution is -2.30. The van der Waals surface area contributed by atoms with Crippen LogP contribution in [-0.4, -0.2) is 35.6 Å². The van der Waals surface area contributed by atoms with Crippen LogP contribution < -0.4 is 5.73 Å². The van der Waals surface area contributed by atoms with Crippen molar-refractivity contribution < 1.29 is 9.90 Å². The van der Waals surface area contributed by atoms with E-state index in [4.69, 9.17) is 5.73 Å². The average Bonchev–Trinajstić information content (AvgIpc) is 2.28. The Kier molecular flexibility index (Phi) is 4.96. The molecule has 0 aliphatic heterocycles. The van der Waals surface area contributed by atoms with E-state index in [1.807, 2.05) is 0 Å². The Labute approximate surface area is 110 Å². The largest absolute Gasteiger partial charge is 0.398 e. The van der Waals surface area contributed by atoms with Crippen LogP contribution in [0.15, 0.2) is 22.7 Å². The molecule has 17 heavy (non-hydrogen) atoms. The molecule has 4 nitrogen and oxygen atoms in total. The number of aliphatic hydroxyl groups excluding tert-OH is 1. The van der Waals surface area contributed by atoms with Gasteiger partial charge in [0, 0.05) is 23.8 Å². The van der Waals surface area contributed by atoms with Gasteiger partial charge < -0.3 is 15.7 Å². The van der Waals surface area contributed by atoms with Gasteiger partial charge in [0.15, 0.2) is 0 Å². The minimum atomic E-state index is -0.412. The van der Waals surface area contributed by atoms with Crippen molar-refractivity contribution in [2.45, 2.75) is 19.4 Å². The van der Waals surface area contributed by atoms with E-state index in [1.54, 1.807) is 37.1 Å². The Morgan fingerprint density at radius 2 is 2.24 bits per heavy atom. The fourth-order valence-electron chi connectivity index (χ4n) is 1.40. The van der Waals surface area contributed by atoms with Crippen LogP contribution in [0.4, 0.5) is 5.69 Å². The Morgan fingerprint density at radius 3 is 2.82 bits per heavy atom. The molecule has 0 radical (unpaired) electrons. The maximum absolute atomic E-state index is 12.1. The van der Waals surface area contributed by atoms with Crippen LogP contribution in [0.25, 0.3) is 0 Å². The van der Waals surface area contributed by atoms with Crippen LogP contribution in [0.3, 0.4) is 0 Å². The van der Waals surface area contributed by atoms with Crippen molar-refractivity contribution in [1.82, 2.24) is 4.90 Å². The zero-order valence-electron chi connectivity index (χ0n) is 9.98. The predicted octanol–water partition coefficient (Wildman–Crippen LogP) is 1.87. The minimum Gasteiger partial charge on any atom is -0.398 e. The second kappa shape index (κ2) is 6.02. The summed E-state index contributed by atoms with van der Waals surface area (Å²) in [5.74, 6) is -0.135. The van der Waals surface area contributed by atoms with Gasteiger partial charge in [-0.05, 0) is 31.5 Å². The summed E-state index contributed by atoms with van der Waals surface area (Å²) >= 11 is 3.31. The van der Waals surface area contributed by atoms with E-state index in [2.05, 4.69) is 15.9 Å². The molecular weight excluding hydrogens is 284 g/mol. The summed E-state index contributed by atoms with van der Waals surface area (Å²) in [6.07, 6.45) is 0.140. The molecule has 0 saturated heterocycles. The molecule has 0 aliphatic carbocycles. The molecule has 0 heterocycles. The van der Waals surface area contributed by atoms with E-state index in [0.29, 0.717) is 24.2 Å². The molecule has 1 unspecified atom stereocenters. The molecule has 0 bridgehead atoms. The molecule has 94 valence electrons. The van der Waals surface area contributed by atoms with Gasteiger partial charge in [-0.2, -0.15) is 0 Å². The van der Waals surface area contributed by atoms with Crippen molar-refractivity contribution in [3.63, 3.8) is 0 Å². The second-order valence-electron chi connectivity index (χ2n) is 4.10. The zero-order chi connectivity index (χ0) is 13.0. The number of carbonyl (C=O) groups excluding carboxylic acids is 1. The lowest BCUT2D eigenvalue weighted by atomic mass is 10.1. The van der Waals surface area contributed by atoms with Crippen molar-refractivity contribution in [2.24, 2.45) is 0 Å². The monoisotopic (exact) mass is 300 g/mol. The van der Waals surface area contributed by atoms with Crippen LogP contribution in [0, 0.1) is 0 Å². The highest BCUT2D eigenvalue weighted by atomic mass is 79.9. The first-order chi connectivity index (χ1) is 7.91. The summed E-state index contributed by atoms with van der Waals surface area (Å²) in [7, 11) is 1.70. The number of aliphatic hydroxyl groups is 1. The smallest absolute Gasteiger partial charge is 0.255 e. The van der Waals surface area contributed by atoms with Crippen molar-refractivity contribution in [3.05, 3.63) is 28.2 Å². The Balaban J connectivity index is 2.78. The first kappa shape index (κ1) is 14.0. The Bertz CT molecular complexity index is 407. The zero-order valence-corrected chi connectivity index (χ0v) is 11.6. The van der Waals surface area contributed by atoms with E-state index < -0.39 is 6.10 Å². The van der Waals surface area contributed by atoms with Crippen molar-refractivity contribution >= 4 is 27.5 Å². The molecule has 3 N–H and O–H groups in total. The molecule has 0 fully saturated rings. The number of hydrogen-bond acceptors (Lipinski definition) is 3. The van der Waals surface area contributed by atoms with Crippen LogP contribution >= 0.6 is 15.9 Å². The third-order valence-electron chi connectivity index (χ3n) is 2.47. The molecule has 1 atom stereocenters. The van der Waals surface area contributed by atoms with Crippen LogP contribution in [0.1, 0.15) is 23.7 Å². The number of amides is 1. The van der Waals surface area contributed by atoms with Crippen molar-refractivity contribution in [3.8, 4) is 0 Å². The van der Waals surface area contributed by atoms with E-state index in [1.165, 1.54) is 0 Å². The highest BCUT2D eigenvalue weighted by molar-refractivity contribution is 9.10. The molecule has 1 amide bonds. The number of nitrogen functional groups attached to an aromatic ring is 1. The molecule has 0 saturated carbocycles. The average molecular weight is 301 g/mol. The van der Waals surface area contributed by atoms with Crippen molar-refractivity contribution in [1.29, 1.82) is 0 Å². The first-order valence-corrected chi connectivity index (χ1v) is 6.19. The number of halogens is 1. The standard InChI is InChI=1S/C12H17BrN2O2/c1-8(16)5-6-15(2)12(17)10-7-9(13)3-4-11(10)14/h3-4,7-8,16H,5-6,14H2,1-2H3. The lowest BCUT2D eigenvalue weighted by Gasteiger charge is -2.19. The molecule has 0 aliphatic rings. The van der Waals surface area contributed by atoms with E-state index in [-0.39, 0.29) is 5.91 Å². The quantitative estimate of drug-likeness (QED) is 0.834. The molecule has 0 spiro atoms. The molecule has 5 heteroatoms. The maximum Gasteiger partial charge on any atom is 0.255 e. The lowest BCUT2D eigenvalue weighted by molar-refractivity contribution is 0.0770. The highest BCUT2D eigenvalue weighted by Crippen LogP contribution is 2.19. The number of benzene rings is 1. The van der Waals surface area contributed by atoms with E-state index in [0.717, 1.165) is 4.47 Å². The normalized spacial score (nSPS) is 12.2. The summed E-state index contributed by atoms with van der Waals surface area (Å²) in [5.41, 5.74) is 6.71. The molecule has 0 aromatic heterocycles.